The van der Waals surface area contributed by atoms with Crippen LogP contribution in [0.5, 0.6) is 11.5 Å². The maximum atomic E-state index is 12.6. The lowest BCUT2D eigenvalue weighted by Gasteiger charge is -2.13. The molecule has 3 rings (SSSR count). The standard InChI is InChI=1S/C21H18BrNO6S/c1-13-2-5-15(6-3-13)28-9-8-23-20(26)18(30-21(23)27)11-14-4-7-17(16(22)10-14)29-12-19(24)25/h2-7,10-11H,8-9,12H2,1H3,(H,24,25)/b18-11-. The molecule has 1 aliphatic heterocycles. The van der Waals surface area contributed by atoms with Crippen molar-refractivity contribution in [2.24, 2.45) is 0 Å². The summed E-state index contributed by atoms with van der Waals surface area (Å²) in [6, 6.07) is 12.5. The Morgan fingerprint density at radius 2 is 1.90 bits per heavy atom. The molecule has 0 unspecified atom stereocenters. The number of carboxylic acid groups (broad SMARTS) is 1. The number of hydrogen-bond donors (Lipinski definition) is 1. The zero-order valence-corrected chi connectivity index (χ0v) is 18.4. The second-order valence-electron chi connectivity index (χ2n) is 6.37. The van der Waals surface area contributed by atoms with Crippen LogP contribution in [0.1, 0.15) is 11.1 Å². The van der Waals surface area contributed by atoms with Gasteiger partial charge in [-0.15, -0.1) is 0 Å². The molecule has 30 heavy (non-hydrogen) atoms. The zero-order chi connectivity index (χ0) is 21.7. The van der Waals surface area contributed by atoms with E-state index in [1.165, 1.54) is 0 Å². The average Bonchev–Trinajstić information content (AvgIpc) is 2.96. The summed E-state index contributed by atoms with van der Waals surface area (Å²) in [5.74, 6) is -0.403. The van der Waals surface area contributed by atoms with Crippen LogP contribution in [0, 0.1) is 6.92 Å². The van der Waals surface area contributed by atoms with Gasteiger partial charge in [-0.05, 0) is 70.5 Å². The van der Waals surface area contributed by atoms with Crippen molar-refractivity contribution in [3.63, 3.8) is 0 Å². The highest BCUT2D eigenvalue weighted by Crippen LogP contribution is 2.33. The highest BCUT2D eigenvalue weighted by Gasteiger charge is 2.34. The third-order valence-corrected chi connectivity index (χ3v) is 5.61. The SMILES string of the molecule is Cc1ccc(OCCN2C(=O)S/C(=C\c3ccc(OCC(=O)O)c(Br)c3)C2=O)cc1. The second-order valence-corrected chi connectivity index (χ2v) is 8.21. The molecule has 9 heteroatoms. The van der Waals surface area contributed by atoms with Gasteiger partial charge in [-0.3, -0.25) is 14.5 Å². The number of carbonyl (C=O) groups excluding carboxylic acids is 2. The number of halogens is 1. The Balaban J connectivity index is 1.62. The molecule has 7 nitrogen and oxygen atoms in total. The van der Waals surface area contributed by atoms with Crippen molar-refractivity contribution < 1.29 is 29.0 Å². The van der Waals surface area contributed by atoms with Gasteiger partial charge in [0.1, 0.15) is 18.1 Å². The lowest BCUT2D eigenvalue weighted by molar-refractivity contribution is -0.139. The third-order valence-electron chi connectivity index (χ3n) is 4.08. The number of nitrogens with zero attached hydrogens (tertiary/aromatic N) is 1. The first-order chi connectivity index (χ1) is 14.3. The smallest absolute Gasteiger partial charge is 0.341 e. The van der Waals surface area contributed by atoms with Crippen LogP contribution in [0.2, 0.25) is 0 Å². The summed E-state index contributed by atoms with van der Waals surface area (Å²) in [6.07, 6.45) is 1.61. The van der Waals surface area contributed by atoms with E-state index in [9.17, 15) is 14.4 Å². The van der Waals surface area contributed by atoms with Crippen molar-refractivity contribution in [3.05, 3.63) is 63.0 Å². The van der Waals surface area contributed by atoms with Crippen LogP contribution in [0.15, 0.2) is 51.8 Å². The molecule has 2 amide bonds. The Morgan fingerprint density at radius 3 is 2.57 bits per heavy atom. The lowest BCUT2D eigenvalue weighted by atomic mass is 10.2. The maximum absolute atomic E-state index is 12.6. The van der Waals surface area contributed by atoms with E-state index in [4.69, 9.17) is 14.6 Å². The molecule has 1 N–H and O–H groups in total. The Labute approximate surface area is 185 Å². The molecule has 156 valence electrons. The summed E-state index contributed by atoms with van der Waals surface area (Å²) in [6.45, 7) is 1.88. The first-order valence-corrected chi connectivity index (χ1v) is 10.5. The fourth-order valence-electron chi connectivity index (χ4n) is 2.60. The largest absolute Gasteiger partial charge is 0.492 e. The number of imide groups is 1. The minimum absolute atomic E-state index is 0.154. The highest BCUT2D eigenvalue weighted by atomic mass is 79.9. The molecular formula is C21H18BrNO6S. The number of rotatable bonds is 8. The Hall–Kier alpha value is -2.78. The summed E-state index contributed by atoms with van der Waals surface area (Å²) in [4.78, 5) is 36.9. The Bertz CT molecular complexity index is 1010. The molecule has 2 aromatic rings. The van der Waals surface area contributed by atoms with Gasteiger partial charge in [0.2, 0.25) is 0 Å². The van der Waals surface area contributed by atoms with Crippen LogP contribution >= 0.6 is 27.7 Å². The second kappa shape index (κ2) is 9.82. The Kier molecular flexibility index (Phi) is 7.17. The molecule has 0 saturated carbocycles. The average molecular weight is 492 g/mol. The van der Waals surface area contributed by atoms with Gasteiger partial charge in [-0.1, -0.05) is 23.8 Å². The van der Waals surface area contributed by atoms with Crippen molar-refractivity contribution in [2.45, 2.75) is 6.92 Å². The van der Waals surface area contributed by atoms with Crippen LogP contribution in [0.4, 0.5) is 4.79 Å². The van der Waals surface area contributed by atoms with Gasteiger partial charge < -0.3 is 14.6 Å². The molecule has 0 atom stereocenters. The van der Waals surface area contributed by atoms with Gasteiger partial charge in [0.15, 0.2) is 6.61 Å². The topological polar surface area (TPSA) is 93.1 Å². The molecule has 0 radical (unpaired) electrons. The molecule has 1 saturated heterocycles. The number of aliphatic carboxylic acids is 1. The van der Waals surface area contributed by atoms with Crippen molar-refractivity contribution in [1.29, 1.82) is 0 Å². The predicted molar refractivity (Wildman–Crippen MR) is 117 cm³/mol. The number of hydrogen-bond acceptors (Lipinski definition) is 6. The molecule has 1 fully saturated rings. The molecule has 1 heterocycles. The van der Waals surface area contributed by atoms with E-state index in [2.05, 4.69) is 15.9 Å². The van der Waals surface area contributed by atoms with Gasteiger partial charge in [-0.2, -0.15) is 0 Å². The monoisotopic (exact) mass is 491 g/mol. The number of amides is 2. The summed E-state index contributed by atoms with van der Waals surface area (Å²) >= 11 is 4.18. The molecule has 0 aliphatic carbocycles. The minimum atomic E-state index is -1.08. The van der Waals surface area contributed by atoms with Gasteiger partial charge in [0.05, 0.1) is 15.9 Å². The Morgan fingerprint density at radius 1 is 1.17 bits per heavy atom. The van der Waals surface area contributed by atoms with Crippen LogP contribution in [0.3, 0.4) is 0 Å². The van der Waals surface area contributed by atoms with E-state index < -0.39 is 12.6 Å². The maximum Gasteiger partial charge on any atom is 0.341 e. The number of carboxylic acids is 1. The van der Waals surface area contributed by atoms with Gasteiger partial charge in [-0.25, -0.2) is 4.79 Å². The quantitative estimate of drug-likeness (QED) is 0.549. The molecule has 2 aromatic carbocycles. The van der Waals surface area contributed by atoms with Crippen LogP contribution in [-0.2, 0) is 9.59 Å². The number of ether oxygens (including phenoxy) is 2. The zero-order valence-electron chi connectivity index (χ0n) is 16.0. The minimum Gasteiger partial charge on any atom is -0.492 e. The molecule has 1 aliphatic rings. The number of carbonyl (C=O) groups is 3. The molecule has 0 bridgehead atoms. The van der Waals surface area contributed by atoms with Crippen LogP contribution in [0.25, 0.3) is 6.08 Å². The van der Waals surface area contributed by atoms with E-state index in [0.29, 0.717) is 26.4 Å². The predicted octanol–water partition coefficient (Wildman–Crippen LogP) is 4.34. The first-order valence-electron chi connectivity index (χ1n) is 8.92. The van der Waals surface area contributed by atoms with Gasteiger partial charge >= 0.3 is 5.97 Å². The summed E-state index contributed by atoms with van der Waals surface area (Å²) in [5.41, 5.74) is 1.79. The molecular weight excluding hydrogens is 474 g/mol. The van der Waals surface area contributed by atoms with Crippen molar-refractivity contribution >= 4 is 50.9 Å². The number of benzene rings is 2. The van der Waals surface area contributed by atoms with E-state index in [1.807, 2.05) is 31.2 Å². The van der Waals surface area contributed by atoms with Crippen LogP contribution < -0.4 is 9.47 Å². The van der Waals surface area contributed by atoms with E-state index in [1.54, 1.807) is 24.3 Å². The summed E-state index contributed by atoms with van der Waals surface area (Å²) in [5, 5.41) is 8.34. The normalized spacial score (nSPS) is 15.0. The summed E-state index contributed by atoms with van der Waals surface area (Å²) < 4.78 is 11.3. The van der Waals surface area contributed by atoms with Crippen LogP contribution in [-0.4, -0.2) is 46.9 Å². The fourth-order valence-corrected chi connectivity index (χ4v) is 3.97. The third kappa shape index (κ3) is 5.64. The van der Waals surface area contributed by atoms with Gasteiger partial charge in [0, 0.05) is 0 Å². The van der Waals surface area contributed by atoms with E-state index in [-0.39, 0.29) is 24.3 Å². The van der Waals surface area contributed by atoms with E-state index in [0.717, 1.165) is 22.2 Å². The van der Waals surface area contributed by atoms with Gasteiger partial charge in [0.25, 0.3) is 11.1 Å². The fraction of sp³-hybridized carbons (Fsp3) is 0.190. The number of thioether (sulfide) groups is 1. The molecule has 0 aromatic heterocycles. The number of aryl methyl sites for hydroxylation is 1. The van der Waals surface area contributed by atoms with Crippen molar-refractivity contribution in [3.8, 4) is 11.5 Å². The highest BCUT2D eigenvalue weighted by molar-refractivity contribution is 9.10. The van der Waals surface area contributed by atoms with Crippen molar-refractivity contribution in [1.82, 2.24) is 4.90 Å². The van der Waals surface area contributed by atoms with E-state index >= 15 is 0 Å². The summed E-state index contributed by atoms with van der Waals surface area (Å²) in [7, 11) is 0. The lowest BCUT2D eigenvalue weighted by Crippen LogP contribution is -2.32. The first kappa shape index (κ1) is 21.9. The van der Waals surface area contributed by atoms with Crippen molar-refractivity contribution in [2.75, 3.05) is 19.8 Å². The molecule has 0 spiro atoms.